The van der Waals surface area contributed by atoms with Crippen LogP contribution in [-0.4, -0.2) is 32.1 Å². The molecule has 1 aromatic rings. The Labute approximate surface area is 118 Å². The van der Waals surface area contributed by atoms with Gasteiger partial charge in [0.25, 0.3) is 0 Å². The van der Waals surface area contributed by atoms with Crippen LogP contribution in [0.4, 0.5) is 11.4 Å². The van der Waals surface area contributed by atoms with E-state index in [9.17, 15) is 9.59 Å². The summed E-state index contributed by atoms with van der Waals surface area (Å²) in [4.78, 5) is 24.9. The monoisotopic (exact) mass is 276 g/mol. The van der Waals surface area contributed by atoms with Crippen molar-refractivity contribution in [1.29, 1.82) is 0 Å². The molecule has 2 rings (SSSR count). The number of hydrogen-bond donors (Lipinski definition) is 1. The highest BCUT2D eigenvalue weighted by Gasteiger charge is 2.12. The summed E-state index contributed by atoms with van der Waals surface area (Å²) in [6.45, 7) is 2.20. The fourth-order valence-corrected chi connectivity index (χ4v) is 2.27. The largest absolute Gasteiger partial charge is 0.469 e. The van der Waals surface area contributed by atoms with E-state index in [-0.39, 0.29) is 24.7 Å². The van der Waals surface area contributed by atoms with Crippen LogP contribution < -0.4 is 10.2 Å². The average Bonchev–Trinajstić information content (AvgIpc) is 2.99. The lowest BCUT2D eigenvalue weighted by molar-refractivity contribution is -0.141. The lowest BCUT2D eigenvalue weighted by atomic mass is 10.2. The molecule has 108 valence electrons. The lowest BCUT2D eigenvalue weighted by Gasteiger charge is -2.17. The quantitative estimate of drug-likeness (QED) is 0.837. The van der Waals surface area contributed by atoms with Crippen molar-refractivity contribution in [2.75, 3.05) is 30.4 Å². The van der Waals surface area contributed by atoms with Crippen LogP contribution in [0, 0.1) is 0 Å². The minimum absolute atomic E-state index is 0.105. The maximum atomic E-state index is 11.6. The third-order valence-corrected chi connectivity index (χ3v) is 3.41. The summed E-state index contributed by atoms with van der Waals surface area (Å²) < 4.78 is 4.50. The normalized spacial score (nSPS) is 14.2. The molecule has 1 heterocycles. The molecule has 0 bridgehead atoms. The zero-order valence-electron chi connectivity index (χ0n) is 11.7. The fraction of sp³-hybridized carbons (Fsp3) is 0.467. The van der Waals surface area contributed by atoms with Gasteiger partial charge in [0.2, 0.25) is 5.91 Å². The average molecular weight is 276 g/mol. The number of amides is 1. The van der Waals surface area contributed by atoms with Crippen LogP contribution in [0.1, 0.15) is 25.7 Å². The molecule has 1 aliphatic rings. The third kappa shape index (κ3) is 3.98. The summed E-state index contributed by atoms with van der Waals surface area (Å²) in [5, 5.41) is 2.77. The van der Waals surface area contributed by atoms with E-state index in [1.165, 1.54) is 25.6 Å². The molecule has 1 fully saturated rings. The lowest BCUT2D eigenvalue weighted by Crippen LogP contribution is -2.17. The topological polar surface area (TPSA) is 58.6 Å². The van der Waals surface area contributed by atoms with E-state index in [0.29, 0.717) is 0 Å². The predicted octanol–water partition coefficient (Wildman–Crippen LogP) is 2.18. The molecule has 0 aliphatic carbocycles. The SMILES string of the molecule is COC(=O)CCC(=O)Nc1ccc(N2CCCC2)cc1. The van der Waals surface area contributed by atoms with Crippen LogP contribution in [-0.2, 0) is 14.3 Å². The second-order valence-electron chi connectivity index (χ2n) is 4.87. The first-order valence-electron chi connectivity index (χ1n) is 6.91. The zero-order valence-corrected chi connectivity index (χ0v) is 11.7. The number of esters is 1. The van der Waals surface area contributed by atoms with Crippen molar-refractivity contribution in [1.82, 2.24) is 0 Å². The molecule has 1 aliphatic heterocycles. The second kappa shape index (κ2) is 6.93. The second-order valence-corrected chi connectivity index (χ2v) is 4.87. The summed E-state index contributed by atoms with van der Waals surface area (Å²) in [6, 6.07) is 7.82. The molecule has 5 nitrogen and oxygen atoms in total. The highest BCUT2D eigenvalue weighted by Crippen LogP contribution is 2.22. The van der Waals surface area contributed by atoms with Crippen LogP contribution in [0.5, 0.6) is 0 Å². The molecule has 1 aromatic carbocycles. The Morgan fingerprint density at radius 3 is 2.40 bits per heavy atom. The molecule has 20 heavy (non-hydrogen) atoms. The first-order valence-corrected chi connectivity index (χ1v) is 6.91. The van der Waals surface area contributed by atoms with Crippen molar-refractivity contribution in [3.05, 3.63) is 24.3 Å². The van der Waals surface area contributed by atoms with Crippen LogP contribution in [0.3, 0.4) is 0 Å². The summed E-state index contributed by atoms with van der Waals surface area (Å²) >= 11 is 0. The molecule has 0 unspecified atom stereocenters. The smallest absolute Gasteiger partial charge is 0.306 e. The predicted molar refractivity (Wildman–Crippen MR) is 77.8 cm³/mol. The fourth-order valence-electron chi connectivity index (χ4n) is 2.27. The van der Waals surface area contributed by atoms with Gasteiger partial charge in [-0.1, -0.05) is 0 Å². The number of carbonyl (C=O) groups excluding carboxylic acids is 2. The van der Waals surface area contributed by atoms with Crippen LogP contribution in [0.25, 0.3) is 0 Å². The van der Waals surface area contributed by atoms with Crippen molar-refractivity contribution < 1.29 is 14.3 Å². The van der Waals surface area contributed by atoms with E-state index in [0.717, 1.165) is 18.8 Å². The van der Waals surface area contributed by atoms with Gasteiger partial charge >= 0.3 is 5.97 Å². The van der Waals surface area contributed by atoms with Gasteiger partial charge in [-0.2, -0.15) is 0 Å². The number of ether oxygens (including phenoxy) is 1. The molecular weight excluding hydrogens is 256 g/mol. The number of rotatable bonds is 5. The van der Waals surface area contributed by atoms with Crippen LogP contribution in [0.2, 0.25) is 0 Å². The minimum atomic E-state index is -0.371. The Morgan fingerprint density at radius 2 is 1.80 bits per heavy atom. The van der Waals surface area contributed by atoms with Crippen molar-refractivity contribution in [2.24, 2.45) is 0 Å². The molecule has 1 N–H and O–H groups in total. The van der Waals surface area contributed by atoms with Crippen LogP contribution in [0.15, 0.2) is 24.3 Å². The number of hydrogen-bond acceptors (Lipinski definition) is 4. The summed E-state index contributed by atoms with van der Waals surface area (Å²) in [7, 11) is 1.32. The first-order chi connectivity index (χ1) is 9.69. The molecule has 0 saturated carbocycles. The molecule has 0 spiro atoms. The van der Waals surface area contributed by atoms with E-state index in [1.54, 1.807) is 0 Å². The highest BCUT2D eigenvalue weighted by atomic mass is 16.5. The van der Waals surface area contributed by atoms with Crippen molar-refractivity contribution in [3.8, 4) is 0 Å². The van der Waals surface area contributed by atoms with Gasteiger partial charge in [0, 0.05) is 30.9 Å². The van der Waals surface area contributed by atoms with Gasteiger partial charge < -0.3 is 15.0 Å². The van der Waals surface area contributed by atoms with Gasteiger partial charge in [-0.05, 0) is 37.1 Å². The van der Waals surface area contributed by atoms with Gasteiger partial charge in [0.1, 0.15) is 0 Å². The standard InChI is InChI=1S/C15H20N2O3/c1-20-15(19)9-8-14(18)16-12-4-6-13(7-5-12)17-10-2-3-11-17/h4-7H,2-3,8-11H2,1H3,(H,16,18). The van der Waals surface area contributed by atoms with Crippen molar-refractivity contribution >= 4 is 23.3 Å². The summed E-state index contributed by atoms with van der Waals surface area (Å²) in [5.41, 5.74) is 1.94. The number of carbonyl (C=O) groups is 2. The van der Waals surface area contributed by atoms with Gasteiger partial charge in [-0.25, -0.2) is 0 Å². The number of benzene rings is 1. The Kier molecular flexibility index (Phi) is 4.98. The maximum Gasteiger partial charge on any atom is 0.306 e. The molecule has 5 heteroatoms. The van der Waals surface area contributed by atoms with Gasteiger partial charge in [0.05, 0.1) is 13.5 Å². The minimum Gasteiger partial charge on any atom is -0.469 e. The Morgan fingerprint density at radius 1 is 1.15 bits per heavy atom. The maximum absolute atomic E-state index is 11.6. The molecule has 1 saturated heterocycles. The van der Waals surface area contributed by atoms with E-state index in [2.05, 4.69) is 15.0 Å². The molecule has 1 amide bonds. The molecule has 0 aromatic heterocycles. The zero-order chi connectivity index (χ0) is 14.4. The summed E-state index contributed by atoms with van der Waals surface area (Å²) in [6.07, 6.45) is 2.73. The van der Waals surface area contributed by atoms with E-state index >= 15 is 0 Å². The molecule has 0 atom stereocenters. The summed E-state index contributed by atoms with van der Waals surface area (Å²) in [5.74, 6) is -0.547. The van der Waals surface area contributed by atoms with E-state index < -0.39 is 0 Å². The number of anilines is 2. The Bertz CT molecular complexity index is 465. The van der Waals surface area contributed by atoms with Crippen molar-refractivity contribution in [3.63, 3.8) is 0 Å². The molecular formula is C15H20N2O3. The van der Waals surface area contributed by atoms with E-state index in [4.69, 9.17) is 0 Å². The number of nitrogens with zero attached hydrogens (tertiary/aromatic N) is 1. The molecule has 0 radical (unpaired) electrons. The van der Waals surface area contributed by atoms with Crippen LogP contribution >= 0.6 is 0 Å². The van der Waals surface area contributed by atoms with Gasteiger partial charge in [-0.15, -0.1) is 0 Å². The van der Waals surface area contributed by atoms with Gasteiger partial charge in [0.15, 0.2) is 0 Å². The first kappa shape index (κ1) is 14.4. The highest BCUT2D eigenvalue weighted by molar-refractivity contribution is 5.92. The Hall–Kier alpha value is -2.04. The van der Waals surface area contributed by atoms with E-state index in [1.807, 2.05) is 24.3 Å². The Balaban J connectivity index is 1.83. The van der Waals surface area contributed by atoms with Gasteiger partial charge in [-0.3, -0.25) is 9.59 Å². The van der Waals surface area contributed by atoms with Crippen molar-refractivity contribution in [2.45, 2.75) is 25.7 Å². The number of nitrogens with one attached hydrogen (secondary N) is 1. The third-order valence-electron chi connectivity index (χ3n) is 3.41. The number of methoxy groups -OCH3 is 1.